The predicted octanol–water partition coefficient (Wildman–Crippen LogP) is 1.94. The van der Waals surface area contributed by atoms with Gasteiger partial charge in [0.25, 0.3) is 0 Å². The van der Waals surface area contributed by atoms with Crippen LogP contribution < -0.4 is 16.4 Å². The highest BCUT2D eigenvalue weighted by atomic mass is 32.2. The Morgan fingerprint density at radius 3 is 2.86 bits per heavy atom. The number of thioether (sulfide) groups is 1. The van der Waals surface area contributed by atoms with Crippen molar-refractivity contribution in [1.29, 1.82) is 0 Å². The second-order valence-corrected chi connectivity index (χ2v) is 7.83. The van der Waals surface area contributed by atoms with Gasteiger partial charge in [0.15, 0.2) is 5.82 Å². The first-order valence-electron chi connectivity index (χ1n) is 9.33. The number of piperidine rings is 1. The number of carboxylic acids is 1. The van der Waals surface area contributed by atoms with Crippen LogP contribution in [0.5, 0.6) is 0 Å². The van der Waals surface area contributed by atoms with E-state index in [-0.39, 0.29) is 6.04 Å². The van der Waals surface area contributed by atoms with E-state index in [0.29, 0.717) is 30.5 Å². The predicted molar refractivity (Wildman–Crippen MR) is 110 cm³/mol. The molecule has 1 amide bonds. The van der Waals surface area contributed by atoms with Crippen molar-refractivity contribution in [2.75, 3.05) is 18.4 Å². The topological polar surface area (TPSA) is 120 Å². The first-order chi connectivity index (χ1) is 13.5. The lowest BCUT2D eigenvalue weighted by molar-refractivity contribution is -0.156. The molecule has 0 unspecified atom stereocenters. The number of aliphatic imine (C=N–C) groups is 1. The molecule has 9 heteroatoms. The number of carbonyl (C=O) groups excluding carboxylic acids is 1. The maximum atomic E-state index is 11.5. The van der Waals surface area contributed by atoms with Gasteiger partial charge in [-0.05, 0) is 37.0 Å². The van der Waals surface area contributed by atoms with Gasteiger partial charge in [-0.1, -0.05) is 24.8 Å². The van der Waals surface area contributed by atoms with Gasteiger partial charge in [0.2, 0.25) is 0 Å². The summed E-state index contributed by atoms with van der Waals surface area (Å²) in [7, 11) is 0. The number of aliphatic carboxylic acids is 1. The van der Waals surface area contributed by atoms with E-state index in [0.717, 1.165) is 35.4 Å². The minimum atomic E-state index is -1.39. The molecule has 1 saturated heterocycles. The number of nitrogens with zero attached hydrogens (tertiary/aromatic N) is 2. The zero-order valence-electron chi connectivity index (χ0n) is 15.8. The van der Waals surface area contributed by atoms with Crippen molar-refractivity contribution in [3.05, 3.63) is 34.6 Å². The molecule has 8 nitrogen and oxygen atoms in total. The third kappa shape index (κ3) is 4.85. The summed E-state index contributed by atoms with van der Waals surface area (Å²) in [5.74, 6) is -1.52. The molecule has 2 aliphatic rings. The van der Waals surface area contributed by atoms with Crippen molar-refractivity contribution >= 4 is 35.5 Å². The molecule has 28 heavy (non-hydrogen) atoms. The van der Waals surface area contributed by atoms with Crippen LogP contribution in [0, 0.1) is 0 Å². The summed E-state index contributed by atoms with van der Waals surface area (Å²) >= 11 is 1.51. The fraction of sp³-hybridized carbons (Fsp3) is 0.421. The molecule has 2 heterocycles. The van der Waals surface area contributed by atoms with Gasteiger partial charge in [-0.25, -0.2) is 9.79 Å². The van der Waals surface area contributed by atoms with Gasteiger partial charge in [0.05, 0.1) is 5.69 Å². The van der Waals surface area contributed by atoms with E-state index in [1.165, 1.54) is 16.7 Å². The van der Waals surface area contributed by atoms with Gasteiger partial charge >= 0.3 is 11.9 Å². The molecular weight excluding hydrogens is 378 g/mol. The number of hydrogen-bond donors (Lipinski definition) is 4. The van der Waals surface area contributed by atoms with E-state index < -0.39 is 11.9 Å². The molecule has 1 aromatic rings. The van der Waals surface area contributed by atoms with Crippen LogP contribution in [0.15, 0.2) is 38.9 Å². The number of anilines is 1. The highest BCUT2D eigenvalue weighted by molar-refractivity contribution is 8.03. The highest BCUT2D eigenvalue weighted by Crippen LogP contribution is 2.38. The zero-order chi connectivity index (χ0) is 20.1. The summed E-state index contributed by atoms with van der Waals surface area (Å²) in [6.45, 7) is 3.65. The average Bonchev–Trinajstić information content (AvgIpc) is 2.70. The third-order valence-electron chi connectivity index (χ3n) is 4.71. The van der Waals surface area contributed by atoms with E-state index in [1.54, 1.807) is 0 Å². The molecule has 1 fully saturated rings. The number of nitrogens with two attached hydrogens (primary N) is 1. The second kappa shape index (κ2) is 9.11. The Morgan fingerprint density at radius 1 is 1.43 bits per heavy atom. The summed E-state index contributed by atoms with van der Waals surface area (Å²) < 4.78 is 0. The van der Waals surface area contributed by atoms with E-state index in [4.69, 9.17) is 10.8 Å². The third-order valence-corrected chi connectivity index (χ3v) is 5.70. The van der Waals surface area contributed by atoms with Crippen molar-refractivity contribution in [3.8, 4) is 0 Å². The van der Waals surface area contributed by atoms with Gasteiger partial charge in [-0.2, -0.15) is 0 Å². The number of benzene rings is 1. The molecule has 3 rings (SSSR count). The number of amides is 1. The molecule has 0 aliphatic carbocycles. The smallest absolute Gasteiger partial charge is 0.394 e. The van der Waals surface area contributed by atoms with Crippen molar-refractivity contribution in [2.45, 2.75) is 43.7 Å². The summed E-state index contributed by atoms with van der Waals surface area (Å²) in [6.07, 6.45) is 4.16. The number of nitrogens with one attached hydrogen (secondary N) is 2. The van der Waals surface area contributed by atoms with E-state index in [2.05, 4.69) is 27.8 Å². The van der Waals surface area contributed by atoms with E-state index >= 15 is 0 Å². The second-order valence-electron chi connectivity index (χ2n) is 6.74. The Kier molecular flexibility index (Phi) is 6.58. The summed E-state index contributed by atoms with van der Waals surface area (Å²) in [4.78, 5) is 29.1. The summed E-state index contributed by atoms with van der Waals surface area (Å²) in [6, 6.07) is 6.46. The van der Waals surface area contributed by atoms with Crippen molar-refractivity contribution in [3.63, 3.8) is 0 Å². The average molecular weight is 404 g/mol. The van der Waals surface area contributed by atoms with Crippen LogP contribution in [0.3, 0.4) is 0 Å². The Labute approximate surface area is 168 Å². The van der Waals surface area contributed by atoms with Crippen LogP contribution in [0.1, 0.15) is 31.7 Å². The fourth-order valence-electron chi connectivity index (χ4n) is 3.19. The van der Waals surface area contributed by atoms with Gasteiger partial charge in [0, 0.05) is 36.8 Å². The molecule has 1 aromatic carbocycles. The van der Waals surface area contributed by atoms with Crippen LogP contribution >= 0.6 is 11.8 Å². The molecule has 0 spiro atoms. The normalized spacial score (nSPS) is 17.5. The number of carboxylic acid groups (broad SMARTS) is 1. The minimum absolute atomic E-state index is 0.261. The van der Waals surface area contributed by atoms with Crippen LogP contribution in [-0.2, 0) is 16.1 Å². The van der Waals surface area contributed by atoms with E-state index in [9.17, 15) is 9.59 Å². The van der Waals surface area contributed by atoms with Crippen molar-refractivity contribution in [2.24, 2.45) is 10.7 Å². The first-order valence-corrected chi connectivity index (χ1v) is 10.1. The van der Waals surface area contributed by atoms with Crippen LogP contribution in [-0.4, -0.2) is 47.2 Å². The van der Waals surface area contributed by atoms with Crippen LogP contribution in [0.2, 0.25) is 0 Å². The maximum absolute atomic E-state index is 11.5. The molecule has 150 valence electrons. The van der Waals surface area contributed by atoms with Gasteiger partial charge < -0.3 is 26.4 Å². The van der Waals surface area contributed by atoms with Crippen molar-refractivity contribution < 1.29 is 14.7 Å². The molecule has 0 saturated carbocycles. The monoisotopic (exact) mass is 403 g/mol. The number of likely N-dealkylation sites (tertiary alicyclic amines) is 1. The van der Waals surface area contributed by atoms with Crippen molar-refractivity contribution in [1.82, 2.24) is 10.2 Å². The van der Waals surface area contributed by atoms with Crippen LogP contribution in [0.4, 0.5) is 5.69 Å². The lowest BCUT2D eigenvalue weighted by Crippen LogP contribution is -2.46. The molecule has 0 aromatic heterocycles. The SMILES string of the molecule is CC/C=N\C1=C(N)Sc2ccc(CNC3CCN(C(=O)C(=O)O)CC3)cc2N1. The number of fused-ring (bicyclic) bond motifs is 1. The molecule has 5 N–H and O–H groups in total. The Hall–Kier alpha value is -2.52. The Bertz CT molecular complexity index is 816. The lowest BCUT2D eigenvalue weighted by atomic mass is 10.0. The number of rotatable bonds is 5. The maximum Gasteiger partial charge on any atom is 0.394 e. The van der Waals surface area contributed by atoms with Gasteiger partial charge in [0.1, 0.15) is 5.03 Å². The Morgan fingerprint density at radius 2 is 2.18 bits per heavy atom. The Balaban J connectivity index is 1.54. The van der Waals surface area contributed by atoms with Gasteiger partial charge in [-0.3, -0.25) is 4.79 Å². The molecule has 0 radical (unpaired) electrons. The lowest BCUT2D eigenvalue weighted by Gasteiger charge is -2.31. The minimum Gasteiger partial charge on any atom is -0.474 e. The number of hydrogen-bond acceptors (Lipinski definition) is 7. The zero-order valence-corrected chi connectivity index (χ0v) is 16.6. The van der Waals surface area contributed by atoms with Crippen LogP contribution in [0.25, 0.3) is 0 Å². The molecule has 2 aliphatic heterocycles. The fourth-order valence-corrected chi connectivity index (χ4v) is 3.99. The summed E-state index contributed by atoms with van der Waals surface area (Å²) in [5, 5.41) is 16.3. The molecule has 0 atom stereocenters. The van der Waals surface area contributed by atoms with Gasteiger partial charge in [-0.15, -0.1) is 0 Å². The first kappa shape index (κ1) is 20.2. The highest BCUT2D eigenvalue weighted by Gasteiger charge is 2.26. The largest absolute Gasteiger partial charge is 0.474 e. The van der Waals surface area contributed by atoms with E-state index in [1.807, 2.05) is 19.2 Å². The number of carbonyl (C=O) groups is 2. The molecular formula is C19H25N5O3S. The molecule has 0 bridgehead atoms. The quantitative estimate of drug-likeness (QED) is 0.438. The summed E-state index contributed by atoms with van der Waals surface area (Å²) in [5.41, 5.74) is 8.19. The standard InChI is InChI=1S/C19H25N5O3S/c1-2-7-21-17-16(20)28-15-4-3-12(10-14(15)23-17)11-22-13-5-8-24(9-6-13)18(25)19(26)27/h3-4,7,10,13,22-23H,2,5-6,8-9,11,20H2,1H3,(H,26,27)/b21-7-.